The first-order valence-corrected chi connectivity index (χ1v) is 4.02. The second-order valence-corrected chi connectivity index (χ2v) is 2.91. The van der Waals surface area contributed by atoms with Gasteiger partial charge in [0.2, 0.25) is 0 Å². The van der Waals surface area contributed by atoms with Gasteiger partial charge in [0.1, 0.15) is 11.5 Å². The van der Waals surface area contributed by atoms with Crippen LogP contribution in [0.15, 0.2) is 18.2 Å². The predicted molar refractivity (Wildman–Crippen MR) is 48.5 cm³/mol. The maximum atomic E-state index is 9.32. The van der Waals surface area contributed by atoms with Gasteiger partial charge in [-0.05, 0) is 11.6 Å². The fourth-order valence-corrected chi connectivity index (χ4v) is 1.06. The fraction of sp³-hybridized carbons (Fsp3) is 0.333. The van der Waals surface area contributed by atoms with Crippen LogP contribution in [0, 0.1) is 0 Å². The summed E-state index contributed by atoms with van der Waals surface area (Å²) < 4.78 is 0. The monoisotopic (exact) mass is 183 g/mol. The first kappa shape index (κ1) is 9.83. The van der Waals surface area contributed by atoms with Gasteiger partial charge in [0.25, 0.3) is 0 Å². The maximum absolute atomic E-state index is 9.32. The van der Waals surface area contributed by atoms with E-state index in [0.29, 0.717) is 12.0 Å². The Morgan fingerprint density at radius 3 is 2.54 bits per heavy atom. The summed E-state index contributed by atoms with van der Waals surface area (Å²) in [4.78, 5) is 0. The van der Waals surface area contributed by atoms with E-state index in [1.54, 1.807) is 6.07 Å². The van der Waals surface area contributed by atoms with Crippen molar-refractivity contribution in [2.45, 2.75) is 12.5 Å². The van der Waals surface area contributed by atoms with Crippen molar-refractivity contribution < 1.29 is 15.3 Å². The summed E-state index contributed by atoms with van der Waals surface area (Å²) in [5.74, 6) is -0.0176. The number of hydrogen-bond acceptors (Lipinski definition) is 4. The molecule has 1 aromatic rings. The third-order valence-corrected chi connectivity index (χ3v) is 1.80. The van der Waals surface area contributed by atoms with E-state index in [1.807, 2.05) is 0 Å². The molecule has 0 aliphatic heterocycles. The van der Waals surface area contributed by atoms with Crippen LogP contribution in [-0.4, -0.2) is 28.0 Å². The Bertz CT molecular complexity index is 288. The second-order valence-electron chi connectivity index (χ2n) is 2.91. The van der Waals surface area contributed by atoms with Gasteiger partial charge in [-0.25, -0.2) is 0 Å². The quantitative estimate of drug-likeness (QED) is 0.529. The molecule has 4 nitrogen and oxygen atoms in total. The van der Waals surface area contributed by atoms with Crippen LogP contribution in [-0.2, 0) is 6.42 Å². The van der Waals surface area contributed by atoms with E-state index in [9.17, 15) is 10.2 Å². The highest BCUT2D eigenvalue weighted by atomic mass is 16.3. The molecule has 0 saturated carbocycles. The molecule has 72 valence electrons. The van der Waals surface area contributed by atoms with E-state index in [1.165, 1.54) is 12.1 Å². The maximum Gasteiger partial charge on any atom is 0.122 e. The predicted octanol–water partition coefficient (Wildman–Crippen LogP) is -0.0401. The number of rotatable bonds is 3. The van der Waals surface area contributed by atoms with Crippen molar-refractivity contribution in [3.05, 3.63) is 23.8 Å². The van der Waals surface area contributed by atoms with Crippen molar-refractivity contribution in [1.29, 1.82) is 0 Å². The molecule has 4 heteroatoms. The van der Waals surface area contributed by atoms with Gasteiger partial charge in [-0.15, -0.1) is 0 Å². The lowest BCUT2D eigenvalue weighted by Crippen LogP contribution is -2.21. The van der Waals surface area contributed by atoms with Crippen molar-refractivity contribution >= 4 is 0 Å². The highest BCUT2D eigenvalue weighted by Gasteiger charge is 2.07. The largest absolute Gasteiger partial charge is 0.508 e. The lowest BCUT2D eigenvalue weighted by Gasteiger charge is -2.09. The van der Waals surface area contributed by atoms with Gasteiger partial charge in [-0.2, -0.15) is 0 Å². The highest BCUT2D eigenvalue weighted by Crippen LogP contribution is 2.23. The third kappa shape index (κ3) is 2.61. The molecule has 0 heterocycles. The first-order chi connectivity index (χ1) is 6.13. The average Bonchev–Trinajstić information content (AvgIpc) is 2.09. The summed E-state index contributed by atoms with van der Waals surface area (Å²) in [5.41, 5.74) is 5.80. The normalized spacial score (nSPS) is 12.8. The average molecular weight is 183 g/mol. The molecule has 0 bridgehead atoms. The standard InChI is InChI=1S/C9H13NO3/c10-5-8(12)3-6-1-2-7(11)4-9(6)13/h1-2,4,8,11-13H,3,5,10H2. The molecule has 0 saturated heterocycles. The number of nitrogens with two attached hydrogens (primary N) is 1. The molecular formula is C9H13NO3. The minimum atomic E-state index is -0.657. The molecule has 0 fully saturated rings. The van der Waals surface area contributed by atoms with Crippen molar-refractivity contribution in [2.75, 3.05) is 6.54 Å². The van der Waals surface area contributed by atoms with E-state index >= 15 is 0 Å². The number of aliphatic hydroxyl groups is 1. The molecule has 0 aromatic heterocycles. The summed E-state index contributed by atoms with van der Waals surface area (Å²) in [5, 5.41) is 27.5. The molecule has 1 rings (SSSR count). The lowest BCUT2D eigenvalue weighted by molar-refractivity contribution is 0.182. The molecular weight excluding hydrogens is 170 g/mol. The zero-order valence-corrected chi connectivity index (χ0v) is 7.14. The van der Waals surface area contributed by atoms with E-state index in [0.717, 1.165) is 0 Å². The Kier molecular flexibility index (Phi) is 3.11. The smallest absolute Gasteiger partial charge is 0.122 e. The SMILES string of the molecule is NCC(O)Cc1ccc(O)cc1O. The number of benzene rings is 1. The summed E-state index contributed by atoms with van der Waals surface area (Å²) in [6, 6.07) is 4.25. The molecule has 13 heavy (non-hydrogen) atoms. The molecule has 0 radical (unpaired) electrons. The van der Waals surface area contributed by atoms with Gasteiger partial charge >= 0.3 is 0 Å². The zero-order chi connectivity index (χ0) is 9.84. The molecule has 1 aromatic carbocycles. The molecule has 0 aliphatic rings. The topological polar surface area (TPSA) is 86.7 Å². The van der Waals surface area contributed by atoms with Gasteiger partial charge < -0.3 is 21.1 Å². The van der Waals surface area contributed by atoms with Crippen LogP contribution >= 0.6 is 0 Å². The van der Waals surface area contributed by atoms with Crippen LogP contribution in [0.4, 0.5) is 0 Å². The molecule has 1 atom stereocenters. The Balaban J connectivity index is 2.77. The van der Waals surface area contributed by atoms with Gasteiger partial charge in [-0.3, -0.25) is 0 Å². The fourth-order valence-electron chi connectivity index (χ4n) is 1.06. The summed E-state index contributed by atoms with van der Waals surface area (Å²) in [6.45, 7) is 0.153. The second kappa shape index (κ2) is 4.11. The minimum absolute atomic E-state index is 0.00323. The molecule has 0 amide bonds. The van der Waals surface area contributed by atoms with E-state index in [4.69, 9.17) is 10.8 Å². The van der Waals surface area contributed by atoms with Crippen molar-refractivity contribution in [2.24, 2.45) is 5.73 Å². The van der Waals surface area contributed by atoms with E-state index in [2.05, 4.69) is 0 Å². The van der Waals surface area contributed by atoms with Gasteiger partial charge in [0.05, 0.1) is 6.10 Å². The number of phenols is 2. The minimum Gasteiger partial charge on any atom is -0.508 e. The van der Waals surface area contributed by atoms with E-state index in [-0.39, 0.29) is 18.0 Å². The Labute approximate surface area is 76.2 Å². The molecule has 0 spiro atoms. The molecule has 5 N–H and O–H groups in total. The third-order valence-electron chi connectivity index (χ3n) is 1.80. The van der Waals surface area contributed by atoms with Crippen molar-refractivity contribution in [3.63, 3.8) is 0 Å². The summed E-state index contributed by atoms with van der Waals surface area (Å²) in [7, 11) is 0. The molecule has 1 unspecified atom stereocenters. The van der Waals surface area contributed by atoms with Crippen LogP contribution in [0.5, 0.6) is 11.5 Å². The Morgan fingerprint density at radius 2 is 2.00 bits per heavy atom. The van der Waals surface area contributed by atoms with E-state index < -0.39 is 6.10 Å². The zero-order valence-electron chi connectivity index (χ0n) is 7.14. The Morgan fingerprint density at radius 1 is 1.31 bits per heavy atom. The number of phenolic OH excluding ortho intramolecular Hbond substituents is 2. The van der Waals surface area contributed by atoms with Gasteiger partial charge in [0.15, 0.2) is 0 Å². The number of hydrogen-bond donors (Lipinski definition) is 4. The number of aliphatic hydroxyl groups excluding tert-OH is 1. The summed E-state index contributed by atoms with van der Waals surface area (Å²) >= 11 is 0. The van der Waals surface area contributed by atoms with Crippen LogP contribution in [0.25, 0.3) is 0 Å². The highest BCUT2D eigenvalue weighted by molar-refractivity contribution is 5.39. The summed E-state index contributed by atoms with van der Waals surface area (Å²) in [6.07, 6.45) is -0.363. The molecule has 0 aliphatic carbocycles. The Hall–Kier alpha value is -1.26. The van der Waals surface area contributed by atoms with Crippen LogP contribution in [0.2, 0.25) is 0 Å². The van der Waals surface area contributed by atoms with Gasteiger partial charge in [0, 0.05) is 19.0 Å². The van der Waals surface area contributed by atoms with Crippen molar-refractivity contribution in [1.82, 2.24) is 0 Å². The van der Waals surface area contributed by atoms with Crippen LogP contribution in [0.1, 0.15) is 5.56 Å². The van der Waals surface area contributed by atoms with Crippen molar-refractivity contribution in [3.8, 4) is 11.5 Å². The lowest BCUT2D eigenvalue weighted by atomic mass is 10.1. The van der Waals surface area contributed by atoms with Gasteiger partial charge in [-0.1, -0.05) is 6.07 Å². The van der Waals surface area contributed by atoms with Crippen LogP contribution < -0.4 is 5.73 Å². The number of aromatic hydroxyl groups is 2. The first-order valence-electron chi connectivity index (χ1n) is 4.02. The van der Waals surface area contributed by atoms with Crippen LogP contribution in [0.3, 0.4) is 0 Å².